The zero-order valence-electron chi connectivity index (χ0n) is 33.8. The SMILES string of the molecule is COc1ccc(-c2cccc(C(=O)N3C[C@H]4CN5C(=O)[C@@H](CC(=O)OCC(C)(C)C)CCCCC/C=C\[C@@H]6C[C@@]6(C(=O)NS(=O)(=O)C6CC6)NC(=O)[C@@H]5[C@H]4C3)n2)cc1. The average molecular weight is 818 g/mol. The van der Waals surface area contributed by atoms with Gasteiger partial charge in [-0.3, -0.25) is 28.7 Å². The minimum absolute atomic E-state index is 0.136. The van der Waals surface area contributed by atoms with Crippen molar-refractivity contribution < 1.29 is 41.9 Å². The van der Waals surface area contributed by atoms with Gasteiger partial charge >= 0.3 is 5.97 Å². The maximum absolute atomic E-state index is 14.7. The molecule has 3 aliphatic heterocycles. The first-order valence-electron chi connectivity index (χ1n) is 20.5. The summed E-state index contributed by atoms with van der Waals surface area (Å²) >= 11 is 0. The highest BCUT2D eigenvalue weighted by Gasteiger charge is 2.63. The number of fused-ring (bicyclic) bond motifs is 4. The molecule has 2 N–H and O–H groups in total. The van der Waals surface area contributed by atoms with E-state index < -0.39 is 62.4 Å². The summed E-state index contributed by atoms with van der Waals surface area (Å²) in [6, 6.07) is 11.5. The standard InChI is InChI=1S/C43H55N5O9S/c1-42(2,3)26-57-36(49)21-28-11-8-6-5-7-9-12-30-22-43(30,41(53)46-58(54,55)32-19-20-32)45-38(50)37-33-25-47(23-29(33)24-48(37)39(28)51)40(52)35-14-10-13-34(44-35)27-15-17-31(56-4)18-16-27/h9-10,12-18,28-30,32-33,37H,5-8,11,19-26H2,1-4H3,(H,45,50)(H,46,53)/b12-9-/t28-,29+,30-,33+,37+,43-/m1/s1. The van der Waals surface area contributed by atoms with Crippen LogP contribution >= 0.6 is 0 Å². The van der Waals surface area contributed by atoms with Crippen molar-refractivity contribution in [2.24, 2.45) is 29.1 Å². The minimum Gasteiger partial charge on any atom is -0.497 e. The molecule has 4 fully saturated rings. The molecule has 0 radical (unpaired) electrons. The second-order valence-corrected chi connectivity index (χ2v) is 19.8. The fraction of sp³-hybridized carbons (Fsp3) is 0.581. The zero-order chi connectivity index (χ0) is 41.4. The number of allylic oxidation sites excluding steroid dienone is 1. The van der Waals surface area contributed by atoms with Crippen LogP contribution in [0, 0.1) is 29.1 Å². The molecule has 15 heteroatoms. The first kappa shape index (κ1) is 41.4. The lowest BCUT2D eigenvalue weighted by Gasteiger charge is -2.32. The normalized spacial score (nSPS) is 28.2. The van der Waals surface area contributed by atoms with Crippen LogP contribution in [0.2, 0.25) is 0 Å². The molecule has 4 heterocycles. The monoisotopic (exact) mass is 817 g/mol. The quantitative estimate of drug-likeness (QED) is 0.274. The lowest BCUT2D eigenvalue weighted by molar-refractivity contribution is -0.152. The van der Waals surface area contributed by atoms with Crippen LogP contribution in [0.25, 0.3) is 11.3 Å². The number of aromatic nitrogens is 1. The van der Waals surface area contributed by atoms with E-state index in [2.05, 4.69) is 15.0 Å². The molecule has 58 heavy (non-hydrogen) atoms. The molecule has 2 aliphatic carbocycles. The summed E-state index contributed by atoms with van der Waals surface area (Å²) in [5.74, 6) is -3.77. The van der Waals surface area contributed by atoms with Gasteiger partial charge in [-0.1, -0.05) is 51.8 Å². The summed E-state index contributed by atoms with van der Waals surface area (Å²) in [5.41, 5.74) is -0.122. The highest BCUT2D eigenvalue weighted by molar-refractivity contribution is 7.91. The van der Waals surface area contributed by atoms with Gasteiger partial charge in [-0.2, -0.15) is 0 Å². The summed E-state index contributed by atoms with van der Waals surface area (Å²) < 4.78 is 39.0. The summed E-state index contributed by atoms with van der Waals surface area (Å²) in [7, 11) is -2.32. The number of ether oxygens (including phenoxy) is 2. The molecule has 0 unspecified atom stereocenters. The molecule has 5 aliphatic rings. The van der Waals surface area contributed by atoms with E-state index in [1.807, 2.05) is 63.3 Å². The molecule has 312 valence electrons. The second kappa shape index (κ2) is 16.5. The largest absolute Gasteiger partial charge is 0.497 e. The first-order valence-corrected chi connectivity index (χ1v) is 22.0. The molecule has 0 spiro atoms. The minimum atomic E-state index is -3.91. The number of rotatable bonds is 9. The van der Waals surface area contributed by atoms with Crippen molar-refractivity contribution >= 4 is 39.6 Å². The van der Waals surface area contributed by atoms with E-state index in [1.54, 1.807) is 24.1 Å². The molecule has 7 rings (SSSR count). The Balaban J connectivity index is 1.16. The van der Waals surface area contributed by atoms with Gasteiger partial charge in [-0.15, -0.1) is 0 Å². The van der Waals surface area contributed by atoms with Crippen LogP contribution in [0.4, 0.5) is 0 Å². The number of pyridine rings is 1. The first-order chi connectivity index (χ1) is 27.6. The third-order valence-electron chi connectivity index (χ3n) is 12.0. The number of hydrogen-bond donors (Lipinski definition) is 2. The van der Waals surface area contributed by atoms with Gasteiger partial charge in [0.05, 0.1) is 31.1 Å². The Morgan fingerprint density at radius 3 is 2.45 bits per heavy atom. The number of hydrogen-bond acceptors (Lipinski definition) is 10. The maximum atomic E-state index is 14.7. The Bertz CT molecular complexity index is 2060. The van der Waals surface area contributed by atoms with Crippen LogP contribution in [-0.4, -0.2) is 103 Å². The number of esters is 1. The molecule has 14 nitrogen and oxygen atoms in total. The van der Waals surface area contributed by atoms with Crippen LogP contribution in [0.1, 0.15) is 89.0 Å². The Hall–Kier alpha value is -4.79. The molecular weight excluding hydrogens is 763 g/mol. The van der Waals surface area contributed by atoms with E-state index in [0.29, 0.717) is 43.5 Å². The van der Waals surface area contributed by atoms with Gasteiger partial charge in [0.1, 0.15) is 23.0 Å². The van der Waals surface area contributed by atoms with Gasteiger partial charge in [0, 0.05) is 48.9 Å². The summed E-state index contributed by atoms with van der Waals surface area (Å²) in [6.45, 7) is 6.64. The van der Waals surface area contributed by atoms with Crippen molar-refractivity contribution in [1.82, 2.24) is 24.8 Å². The van der Waals surface area contributed by atoms with Crippen LogP contribution < -0.4 is 14.8 Å². The van der Waals surface area contributed by atoms with E-state index in [-0.39, 0.29) is 67.9 Å². The number of likely N-dealkylation sites (tertiary alicyclic amines) is 1. The molecule has 2 saturated carbocycles. The van der Waals surface area contributed by atoms with Crippen molar-refractivity contribution in [3.05, 3.63) is 60.3 Å². The lowest BCUT2D eigenvalue weighted by Crippen LogP contribution is -2.58. The van der Waals surface area contributed by atoms with Gasteiger partial charge in [-0.25, -0.2) is 13.4 Å². The molecule has 0 bridgehead atoms. The number of nitrogens with zero attached hydrogens (tertiary/aromatic N) is 3. The maximum Gasteiger partial charge on any atom is 0.306 e. The molecule has 1 aromatic heterocycles. The fourth-order valence-electron chi connectivity index (χ4n) is 8.56. The summed E-state index contributed by atoms with van der Waals surface area (Å²) in [4.78, 5) is 78.4. The third kappa shape index (κ3) is 9.08. The van der Waals surface area contributed by atoms with E-state index in [4.69, 9.17) is 9.47 Å². The van der Waals surface area contributed by atoms with Crippen molar-refractivity contribution in [3.8, 4) is 17.0 Å². The predicted octanol–water partition coefficient (Wildman–Crippen LogP) is 4.26. The molecule has 1 aromatic carbocycles. The van der Waals surface area contributed by atoms with E-state index in [1.165, 1.54) is 4.90 Å². The Morgan fingerprint density at radius 2 is 1.74 bits per heavy atom. The molecule has 4 amide bonds. The highest BCUT2D eigenvalue weighted by Crippen LogP contribution is 2.47. The number of benzene rings is 1. The lowest BCUT2D eigenvalue weighted by atomic mass is 9.92. The van der Waals surface area contributed by atoms with Crippen LogP contribution in [0.5, 0.6) is 5.75 Å². The fourth-order valence-corrected chi connectivity index (χ4v) is 9.93. The number of amides is 4. The third-order valence-corrected chi connectivity index (χ3v) is 13.9. The van der Waals surface area contributed by atoms with E-state index in [9.17, 15) is 32.4 Å². The number of methoxy groups -OCH3 is 1. The molecule has 2 saturated heterocycles. The van der Waals surface area contributed by atoms with Gasteiger partial charge in [0.15, 0.2) is 0 Å². The summed E-state index contributed by atoms with van der Waals surface area (Å²) in [6.07, 6.45) is 8.29. The molecule has 2 aromatic rings. The number of nitrogens with one attached hydrogen (secondary N) is 2. The highest BCUT2D eigenvalue weighted by atomic mass is 32.2. The van der Waals surface area contributed by atoms with E-state index >= 15 is 0 Å². The van der Waals surface area contributed by atoms with Gasteiger partial charge in [0.2, 0.25) is 21.8 Å². The van der Waals surface area contributed by atoms with Crippen molar-refractivity contribution in [2.45, 2.75) is 95.4 Å². The van der Waals surface area contributed by atoms with Gasteiger partial charge in [0.25, 0.3) is 11.8 Å². The van der Waals surface area contributed by atoms with E-state index in [0.717, 1.165) is 18.4 Å². The average Bonchev–Trinajstić information content (AvgIpc) is 4.09. The Morgan fingerprint density at radius 1 is 0.983 bits per heavy atom. The number of carbonyl (C=O) groups is 5. The van der Waals surface area contributed by atoms with Crippen molar-refractivity contribution in [3.63, 3.8) is 0 Å². The Labute approximate surface area is 340 Å². The van der Waals surface area contributed by atoms with Crippen LogP contribution in [0.3, 0.4) is 0 Å². The topological polar surface area (TPSA) is 181 Å². The summed E-state index contributed by atoms with van der Waals surface area (Å²) in [5, 5.41) is 2.31. The van der Waals surface area contributed by atoms with Gasteiger partial charge in [-0.05, 0) is 80.3 Å². The Kier molecular flexibility index (Phi) is 11.7. The van der Waals surface area contributed by atoms with Crippen molar-refractivity contribution in [1.29, 1.82) is 0 Å². The number of carbonyl (C=O) groups excluding carboxylic acids is 5. The van der Waals surface area contributed by atoms with Crippen LogP contribution in [0.15, 0.2) is 54.6 Å². The zero-order valence-corrected chi connectivity index (χ0v) is 34.6. The number of sulfonamides is 1. The predicted molar refractivity (Wildman–Crippen MR) is 214 cm³/mol. The smallest absolute Gasteiger partial charge is 0.306 e. The molecular formula is C43H55N5O9S. The van der Waals surface area contributed by atoms with Gasteiger partial charge < -0.3 is 24.6 Å². The molecule has 6 atom stereocenters. The van der Waals surface area contributed by atoms with Crippen molar-refractivity contribution in [2.75, 3.05) is 33.4 Å². The second-order valence-electron chi connectivity index (χ2n) is 17.8. The van der Waals surface area contributed by atoms with Crippen LogP contribution in [-0.2, 0) is 33.9 Å².